The Morgan fingerprint density at radius 3 is 2.81 bits per heavy atom. The first-order valence-corrected chi connectivity index (χ1v) is 6.17. The fraction of sp³-hybridized carbons (Fsp3) is 0.917. The van der Waals surface area contributed by atoms with Gasteiger partial charge in [0.1, 0.15) is 12.8 Å². The summed E-state index contributed by atoms with van der Waals surface area (Å²) >= 11 is 0. The number of hydrogen-bond donors (Lipinski definition) is 0. The predicted octanol–water partition coefficient (Wildman–Crippen LogP) is 1.40. The first kappa shape index (κ1) is 11.9. The third kappa shape index (κ3) is 2.74. The van der Waals surface area contributed by atoms with Gasteiger partial charge in [0.05, 0.1) is 6.61 Å². The molecule has 0 N–H and O–H groups in total. The summed E-state index contributed by atoms with van der Waals surface area (Å²) in [6.07, 6.45) is 4.22. The van der Waals surface area contributed by atoms with E-state index < -0.39 is 0 Å². The van der Waals surface area contributed by atoms with Gasteiger partial charge in [-0.15, -0.1) is 0 Å². The van der Waals surface area contributed by atoms with Crippen molar-refractivity contribution in [1.82, 2.24) is 4.90 Å². The molecule has 1 aliphatic heterocycles. The molecule has 2 aliphatic rings. The van der Waals surface area contributed by atoms with Crippen molar-refractivity contribution < 1.29 is 14.3 Å². The first-order valence-electron chi connectivity index (χ1n) is 6.17. The fourth-order valence-electron chi connectivity index (χ4n) is 2.91. The van der Waals surface area contributed by atoms with E-state index in [1.165, 1.54) is 32.7 Å². The molecular weight excluding hydrogens is 206 g/mol. The van der Waals surface area contributed by atoms with Crippen LogP contribution in [0.5, 0.6) is 0 Å². The van der Waals surface area contributed by atoms with Gasteiger partial charge in [0.2, 0.25) is 0 Å². The average Bonchev–Trinajstić information content (AvgIpc) is 2.85. The van der Waals surface area contributed by atoms with E-state index >= 15 is 0 Å². The number of likely N-dealkylation sites (tertiary alicyclic amines) is 1. The van der Waals surface area contributed by atoms with Gasteiger partial charge in [0, 0.05) is 19.5 Å². The summed E-state index contributed by atoms with van der Waals surface area (Å²) in [5, 5.41) is 0. The Kier molecular flexibility index (Phi) is 3.82. The summed E-state index contributed by atoms with van der Waals surface area (Å²) in [5.41, 5.74) is 0. The Hall–Kier alpha value is -0.610. The Balaban J connectivity index is 1.64. The maximum absolute atomic E-state index is 10.6. The van der Waals surface area contributed by atoms with E-state index in [1.807, 2.05) is 0 Å². The minimum atomic E-state index is -0.239. The molecule has 1 heterocycles. The van der Waals surface area contributed by atoms with Crippen molar-refractivity contribution in [2.24, 2.45) is 5.92 Å². The van der Waals surface area contributed by atoms with Crippen LogP contribution in [-0.4, -0.2) is 42.9 Å². The molecular formula is C12H21NO3. The molecule has 0 radical (unpaired) electrons. The van der Waals surface area contributed by atoms with Crippen LogP contribution in [0, 0.1) is 5.92 Å². The molecule has 1 aliphatic carbocycles. The van der Waals surface area contributed by atoms with Gasteiger partial charge in [0.15, 0.2) is 0 Å². The number of fused-ring (bicyclic) bond motifs is 2. The van der Waals surface area contributed by atoms with E-state index in [-0.39, 0.29) is 12.2 Å². The molecule has 2 bridgehead atoms. The second-order valence-electron chi connectivity index (χ2n) is 4.84. The third-order valence-electron chi connectivity index (χ3n) is 3.67. The first-order chi connectivity index (χ1) is 7.66. The maximum atomic E-state index is 10.6. The van der Waals surface area contributed by atoms with Crippen LogP contribution in [0.1, 0.15) is 33.1 Å². The predicted molar refractivity (Wildman–Crippen MR) is 59.9 cm³/mol. The van der Waals surface area contributed by atoms with E-state index in [4.69, 9.17) is 9.47 Å². The van der Waals surface area contributed by atoms with Gasteiger partial charge in [-0.05, 0) is 32.1 Å². The normalized spacial score (nSPS) is 30.6. The van der Waals surface area contributed by atoms with Crippen molar-refractivity contribution >= 4 is 5.97 Å². The number of nitrogens with zero attached hydrogens (tertiary/aromatic N) is 1. The Bertz CT molecular complexity index is 257. The Morgan fingerprint density at radius 1 is 1.44 bits per heavy atom. The van der Waals surface area contributed by atoms with Crippen molar-refractivity contribution in [3.63, 3.8) is 0 Å². The fourth-order valence-corrected chi connectivity index (χ4v) is 2.91. The largest absolute Gasteiger partial charge is 0.463 e. The standard InChI is InChI=1S/C12H21NO3/c1-9(15-5-6-16-10(2)14)13-8-11-3-4-12(13)7-11/h9,11-12H,3-8H2,1-2H3. The summed E-state index contributed by atoms with van der Waals surface area (Å²) in [5.74, 6) is 0.654. The molecule has 2 fully saturated rings. The zero-order valence-corrected chi connectivity index (χ0v) is 10.1. The molecule has 0 amide bonds. The number of carbonyl (C=O) groups is 1. The molecule has 1 saturated heterocycles. The van der Waals surface area contributed by atoms with Gasteiger partial charge >= 0.3 is 5.97 Å². The highest BCUT2D eigenvalue weighted by Crippen LogP contribution is 2.38. The molecule has 0 spiro atoms. The van der Waals surface area contributed by atoms with Crippen LogP contribution in [0.3, 0.4) is 0 Å². The smallest absolute Gasteiger partial charge is 0.302 e. The highest BCUT2D eigenvalue weighted by atomic mass is 16.6. The van der Waals surface area contributed by atoms with E-state index in [1.54, 1.807) is 0 Å². The molecule has 4 nitrogen and oxygen atoms in total. The molecule has 16 heavy (non-hydrogen) atoms. The number of hydrogen-bond acceptors (Lipinski definition) is 4. The second kappa shape index (κ2) is 5.15. The van der Waals surface area contributed by atoms with Crippen molar-refractivity contribution in [1.29, 1.82) is 0 Å². The number of carbonyl (C=O) groups excluding carboxylic acids is 1. The third-order valence-corrected chi connectivity index (χ3v) is 3.67. The van der Waals surface area contributed by atoms with Crippen LogP contribution < -0.4 is 0 Å². The van der Waals surface area contributed by atoms with Crippen LogP contribution in [0.25, 0.3) is 0 Å². The van der Waals surface area contributed by atoms with Crippen LogP contribution in [0.2, 0.25) is 0 Å². The van der Waals surface area contributed by atoms with E-state index in [9.17, 15) is 4.79 Å². The molecule has 2 rings (SSSR count). The Morgan fingerprint density at radius 2 is 2.25 bits per heavy atom. The molecule has 0 aromatic heterocycles. The number of esters is 1. The molecule has 3 atom stereocenters. The van der Waals surface area contributed by atoms with Crippen molar-refractivity contribution in [2.75, 3.05) is 19.8 Å². The maximum Gasteiger partial charge on any atom is 0.302 e. The zero-order valence-electron chi connectivity index (χ0n) is 10.1. The van der Waals surface area contributed by atoms with Gasteiger partial charge in [-0.3, -0.25) is 9.69 Å². The quantitative estimate of drug-likeness (QED) is 0.525. The minimum Gasteiger partial charge on any atom is -0.463 e. The van der Waals surface area contributed by atoms with Gasteiger partial charge < -0.3 is 9.47 Å². The van der Waals surface area contributed by atoms with Gasteiger partial charge in [-0.1, -0.05) is 0 Å². The molecule has 92 valence electrons. The SMILES string of the molecule is CC(=O)OCCOC(C)N1CC2CCC1C2. The van der Waals surface area contributed by atoms with E-state index in [2.05, 4.69) is 11.8 Å². The molecule has 1 saturated carbocycles. The second-order valence-corrected chi connectivity index (χ2v) is 4.84. The van der Waals surface area contributed by atoms with Gasteiger partial charge in [-0.2, -0.15) is 0 Å². The van der Waals surface area contributed by atoms with E-state index in [0.717, 1.165) is 12.0 Å². The van der Waals surface area contributed by atoms with Crippen molar-refractivity contribution in [2.45, 2.75) is 45.4 Å². The van der Waals surface area contributed by atoms with Crippen LogP contribution in [-0.2, 0) is 14.3 Å². The van der Waals surface area contributed by atoms with Crippen LogP contribution in [0.15, 0.2) is 0 Å². The number of ether oxygens (including phenoxy) is 2. The summed E-state index contributed by atoms with van der Waals surface area (Å²) in [7, 11) is 0. The monoisotopic (exact) mass is 227 g/mol. The lowest BCUT2D eigenvalue weighted by molar-refractivity contribution is -0.145. The average molecular weight is 227 g/mol. The number of rotatable bonds is 5. The minimum absolute atomic E-state index is 0.158. The molecule has 0 aromatic carbocycles. The van der Waals surface area contributed by atoms with Gasteiger partial charge in [0.25, 0.3) is 0 Å². The molecule has 3 unspecified atom stereocenters. The number of piperidine rings is 1. The summed E-state index contributed by atoms with van der Waals surface area (Å²) in [6.45, 7) is 5.55. The highest BCUT2D eigenvalue weighted by molar-refractivity contribution is 5.65. The molecule has 0 aromatic rings. The lowest BCUT2D eigenvalue weighted by atomic mass is 10.1. The molecule has 4 heteroatoms. The van der Waals surface area contributed by atoms with Gasteiger partial charge in [-0.25, -0.2) is 0 Å². The van der Waals surface area contributed by atoms with Crippen molar-refractivity contribution in [3.8, 4) is 0 Å². The summed E-state index contributed by atoms with van der Waals surface area (Å²) < 4.78 is 10.5. The van der Waals surface area contributed by atoms with Crippen LogP contribution >= 0.6 is 0 Å². The topological polar surface area (TPSA) is 38.8 Å². The lowest BCUT2D eigenvalue weighted by Gasteiger charge is -2.32. The zero-order chi connectivity index (χ0) is 11.5. The Labute approximate surface area is 96.9 Å². The van der Waals surface area contributed by atoms with Crippen LogP contribution in [0.4, 0.5) is 0 Å². The van der Waals surface area contributed by atoms with Crippen molar-refractivity contribution in [3.05, 3.63) is 0 Å². The summed E-state index contributed by atoms with van der Waals surface area (Å²) in [4.78, 5) is 13.0. The summed E-state index contributed by atoms with van der Waals surface area (Å²) in [6, 6.07) is 0.730. The lowest BCUT2D eigenvalue weighted by Crippen LogP contribution is -2.41. The highest BCUT2D eigenvalue weighted by Gasteiger charge is 2.39. The van der Waals surface area contributed by atoms with E-state index in [0.29, 0.717) is 13.2 Å².